The van der Waals surface area contributed by atoms with Crippen molar-refractivity contribution in [3.63, 3.8) is 0 Å². The number of nitrogens with one attached hydrogen (secondary N) is 1. The molecule has 2 aromatic rings. The van der Waals surface area contributed by atoms with E-state index in [9.17, 15) is 14.4 Å². The van der Waals surface area contributed by atoms with Crippen LogP contribution < -0.4 is 19.7 Å². The molecular weight excluding hydrogens is 420 g/mol. The van der Waals surface area contributed by atoms with Crippen LogP contribution in [0.1, 0.15) is 19.4 Å². The van der Waals surface area contributed by atoms with Crippen LogP contribution in [-0.2, 0) is 14.4 Å². The van der Waals surface area contributed by atoms with E-state index < -0.39 is 23.9 Å². The third-order valence-corrected chi connectivity index (χ3v) is 4.63. The van der Waals surface area contributed by atoms with Crippen molar-refractivity contribution in [3.05, 3.63) is 59.7 Å². The Labute approximate surface area is 184 Å². The minimum atomic E-state index is -1.12. The molecule has 160 valence electrons. The van der Waals surface area contributed by atoms with Gasteiger partial charge >= 0.3 is 5.97 Å². The fourth-order valence-corrected chi connectivity index (χ4v) is 3.14. The van der Waals surface area contributed by atoms with E-state index in [0.717, 1.165) is 0 Å². The lowest BCUT2D eigenvalue weighted by molar-refractivity contribution is -0.144. The predicted molar refractivity (Wildman–Crippen MR) is 118 cm³/mol. The van der Waals surface area contributed by atoms with E-state index in [0.29, 0.717) is 23.6 Å². The zero-order valence-corrected chi connectivity index (χ0v) is 17.6. The maximum absolute atomic E-state index is 13.0. The van der Waals surface area contributed by atoms with Crippen molar-refractivity contribution in [2.24, 2.45) is 0 Å². The van der Waals surface area contributed by atoms with Crippen molar-refractivity contribution in [2.75, 3.05) is 11.5 Å². The molecule has 3 rings (SSSR count). The number of para-hydroxylation sites is 1. The molecule has 1 heterocycles. The molecule has 1 saturated heterocycles. The highest BCUT2D eigenvalue weighted by Gasteiger charge is 2.34. The number of carbonyl (C=O) groups is 3. The zero-order chi connectivity index (χ0) is 22.5. The van der Waals surface area contributed by atoms with Gasteiger partial charge in [-0.3, -0.25) is 19.8 Å². The summed E-state index contributed by atoms with van der Waals surface area (Å²) >= 11 is 5.18. The van der Waals surface area contributed by atoms with Crippen LogP contribution in [0.5, 0.6) is 11.5 Å². The number of thiocarbonyl (C=S) groups is 1. The number of benzene rings is 2. The molecule has 1 unspecified atom stereocenters. The number of anilines is 1. The molecule has 2 amide bonds. The van der Waals surface area contributed by atoms with Gasteiger partial charge in [-0.1, -0.05) is 24.3 Å². The first-order valence-electron chi connectivity index (χ1n) is 9.44. The summed E-state index contributed by atoms with van der Waals surface area (Å²) in [5.74, 6) is -1.75. The standard InChI is InChI=1S/C22H20N2O6S/c1-3-29-18-12-14(9-10-17(18)30-13(2)21(27)28)11-16-19(25)23-22(31)24(20(16)26)15-7-5-4-6-8-15/h4-13H,3H2,1-2H3,(H,27,28)(H,23,25,31). The van der Waals surface area contributed by atoms with Gasteiger partial charge < -0.3 is 14.6 Å². The summed E-state index contributed by atoms with van der Waals surface area (Å²) in [6, 6.07) is 13.4. The van der Waals surface area contributed by atoms with Gasteiger partial charge in [-0.15, -0.1) is 0 Å². The lowest BCUT2D eigenvalue weighted by Crippen LogP contribution is -2.54. The first-order chi connectivity index (χ1) is 14.8. The highest BCUT2D eigenvalue weighted by atomic mass is 32.1. The number of nitrogens with zero attached hydrogens (tertiary/aromatic N) is 1. The number of amides is 2. The van der Waals surface area contributed by atoms with Gasteiger partial charge in [0.2, 0.25) is 0 Å². The van der Waals surface area contributed by atoms with Gasteiger partial charge in [-0.05, 0) is 62.0 Å². The Hall–Kier alpha value is -3.72. The molecule has 2 aromatic carbocycles. The Morgan fingerprint density at radius 2 is 1.90 bits per heavy atom. The van der Waals surface area contributed by atoms with Crippen LogP contribution in [0.3, 0.4) is 0 Å². The molecule has 0 bridgehead atoms. The molecule has 0 saturated carbocycles. The molecule has 9 heteroatoms. The smallest absolute Gasteiger partial charge is 0.344 e. The van der Waals surface area contributed by atoms with Crippen LogP contribution in [0.2, 0.25) is 0 Å². The second kappa shape index (κ2) is 9.40. The zero-order valence-electron chi connectivity index (χ0n) is 16.8. The van der Waals surface area contributed by atoms with E-state index in [1.165, 1.54) is 24.0 Å². The summed E-state index contributed by atoms with van der Waals surface area (Å²) in [5, 5.41) is 11.6. The van der Waals surface area contributed by atoms with Crippen molar-refractivity contribution in [2.45, 2.75) is 20.0 Å². The molecule has 2 N–H and O–H groups in total. The number of aliphatic carboxylic acids is 1. The third kappa shape index (κ3) is 4.89. The molecule has 31 heavy (non-hydrogen) atoms. The maximum Gasteiger partial charge on any atom is 0.344 e. The van der Waals surface area contributed by atoms with Crippen molar-refractivity contribution >= 4 is 46.9 Å². The normalized spacial score (nSPS) is 16.1. The molecule has 1 aliphatic rings. The van der Waals surface area contributed by atoms with E-state index in [4.69, 9.17) is 26.8 Å². The Kier molecular flexibility index (Phi) is 6.66. The van der Waals surface area contributed by atoms with E-state index in [1.54, 1.807) is 49.4 Å². The maximum atomic E-state index is 13.0. The van der Waals surface area contributed by atoms with Crippen LogP contribution in [0.4, 0.5) is 5.69 Å². The quantitative estimate of drug-likeness (QED) is 0.387. The topological polar surface area (TPSA) is 105 Å². The third-order valence-electron chi connectivity index (χ3n) is 4.35. The average Bonchev–Trinajstić information content (AvgIpc) is 2.73. The first kappa shape index (κ1) is 22.0. The SMILES string of the molecule is CCOc1cc(C=C2C(=O)NC(=S)N(c3ccccc3)C2=O)ccc1OC(C)C(=O)O. The number of carboxylic acids is 1. The fourth-order valence-electron chi connectivity index (χ4n) is 2.86. The van der Waals surface area contributed by atoms with E-state index in [1.807, 2.05) is 0 Å². The summed E-state index contributed by atoms with van der Waals surface area (Å²) in [6.45, 7) is 3.49. The fraction of sp³-hybridized carbons (Fsp3) is 0.182. The molecule has 0 radical (unpaired) electrons. The molecule has 8 nitrogen and oxygen atoms in total. The predicted octanol–water partition coefficient (Wildman–Crippen LogP) is 2.77. The molecule has 0 aromatic heterocycles. The Morgan fingerprint density at radius 3 is 2.55 bits per heavy atom. The lowest BCUT2D eigenvalue weighted by atomic mass is 10.1. The van der Waals surface area contributed by atoms with Gasteiger partial charge in [0, 0.05) is 0 Å². The number of carbonyl (C=O) groups excluding carboxylic acids is 2. The minimum Gasteiger partial charge on any atom is -0.490 e. The lowest BCUT2D eigenvalue weighted by Gasteiger charge is -2.28. The molecule has 1 fully saturated rings. The Balaban J connectivity index is 1.96. The van der Waals surface area contributed by atoms with Gasteiger partial charge in [0.05, 0.1) is 12.3 Å². The summed E-state index contributed by atoms with van der Waals surface area (Å²) in [5.41, 5.74) is 0.926. The number of ether oxygens (including phenoxy) is 2. The van der Waals surface area contributed by atoms with Crippen molar-refractivity contribution in [3.8, 4) is 11.5 Å². The summed E-state index contributed by atoms with van der Waals surface area (Å²) in [7, 11) is 0. The molecule has 0 aliphatic carbocycles. The van der Waals surface area contributed by atoms with Crippen LogP contribution in [0.25, 0.3) is 6.08 Å². The number of rotatable bonds is 7. The first-order valence-corrected chi connectivity index (χ1v) is 9.85. The number of carboxylic acid groups (broad SMARTS) is 1. The second-order valence-corrected chi connectivity index (χ2v) is 6.92. The van der Waals surface area contributed by atoms with Crippen LogP contribution in [0, 0.1) is 0 Å². The Morgan fingerprint density at radius 1 is 1.19 bits per heavy atom. The molecule has 1 atom stereocenters. The van der Waals surface area contributed by atoms with Gasteiger partial charge in [0.25, 0.3) is 11.8 Å². The van der Waals surface area contributed by atoms with Crippen LogP contribution in [-0.4, -0.2) is 40.7 Å². The monoisotopic (exact) mass is 440 g/mol. The average molecular weight is 440 g/mol. The largest absolute Gasteiger partial charge is 0.490 e. The summed E-state index contributed by atoms with van der Waals surface area (Å²) < 4.78 is 11.0. The van der Waals surface area contributed by atoms with Crippen LogP contribution in [0.15, 0.2) is 54.1 Å². The summed E-state index contributed by atoms with van der Waals surface area (Å²) in [4.78, 5) is 37.8. The molecule has 1 aliphatic heterocycles. The van der Waals surface area contributed by atoms with Crippen molar-refractivity contribution in [1.82, 2.24) is 5.32 Å². The number of hydrogen-bond donors (Lipinski definition) is 2. The van der Waals surface area contributed by atoms with E-state index in [-0.39, 0.29) is 16.4 Å². The highest BCUT2D eigenvalue weighted by molar-refractivity contribution is 7.80. The molecular formula is C22H20N2O6S. The summed E-state index contributed by atoms with van der Waals surface area (Å²) in [6.07, 6.45) is 0.344. The van der Waals surface area contributed by atoms with Gasteiger partial charge in [0.15, 0.2) is 22.7 Å². The van der Waals surface area contributed by atoms with Gasteiger partial charge in [-0.2, -0.15) is 0 Å². The second-order valence-electron chi connectivity index (χ2n) is 6.53. The van der Waals surface area contributed by atoms with Crippen molar-refractivity contribution in [1.29, 1.82) is 0 Å². The number of hydrogen-bond acceptors (Lipinski definition) is 6. The van der Waals surface area contributed by atoms with Crippen molar-refractivity contribution < 1.29 is 29.0 Å². The Bertz CT molecular complexity index is 1070. The van der Waals surface area contributed by atoms with Gasteiger partial charge in [-0.25, -0.2) is 4.79 Å². The van der Waals surface area contributed by atoms with E-state index in [2.05, 4.69) is 5.32 Å². The highest BCUT2D eigenvalue weighted by Crippen LogP contribution is 2.31. The van der Waals surface area contributed by atoms with E-state index >= 15 is 0 Å². The van der Waals surface area contributed by atoms with Crippen LogP contribution >= 0.6 is 12.2 Å². The molecule has 0 spiro atoms. The minimum absolute atomic E-state index is 0.000221. The van der Waals surface area contributed by atoms with Gasteiger partial charge in [0.1, 0.15) is 5.57 Å².